The largest absolute Gasteiger partial charge is 0.394 e. The summed E-state index contributed by atoms with van der Waals surface area (Å²) in [7, 11) is 0. The van der Waals surface area contributed by atoms with Crippen LogP contribution in [0, 0.1) is 11.7 Å². The Morgan fingerprint density at radius 2 is 1.84 bits per heavy atom. The van der Waals surface area contributed by atoms with Crippen LogP contribution in [0.2, 0.25) is 0 Å². The van der Waals surface area contributed by atoms with Crippen molar-refractivity contribution < 1.29 is 19.1 Å². The van der Waals surface area contributed by atoms with Gasteiger partial charge in [0.15, 0.2) is 5.78 Å². The number of aryl methyl sites for hydroxylation is 1. The van der Waals surface area contributed by atoms with Crippen LogP contribution in [-0.4, -0.2) is 29.4 Å². The van der Waals surface area contributed by atoms with Gasteiger partial charge in [-0.05, 0) is 67.5 Å². The smallest absolute Gasteiger partial charge is 0.251 e. The molecular weight excluding hydrogens is 393 g/mol. The molecule has 2 N–H and O–H groups in total. The number of nitrogens with one attached hydrogen (secondary N) is 1. The summed E-state index contributed by atoms with van der Waals surface area (Å²) < 4.78 is 14.1. The van der Waals surface area contributed by atoms with E-state index in [0.29, 0.717) is 30.4 Å². The van der Waals surface area contributed by atoms with Crippen molar-refractivity contribution in [3.8, 4) is 0 Å². The zero-order valence-electron chi connectivity index (χ0n) is 17.9. The Bertz CT molecular complexity index is 953. The van der Waals surface area contributed by atoms with E-state index in [9.17, 15) is 19.1 Å². The topological polar surface area (TPSA) is 66.4 Å². The Labute approximate surface area is 183 Å². The van der Waals surface area contributed by atoms with Crippen molar-refractivity contribution in [3.63, 3.8) is 0 Å². The van der Waals surface area contributed by atoms with Crippen LogP contribution in [0.4, 0.5) is 4.39 Å². The predicted molar refractivity (Wildman–Crippen MR) is 120 cm³/mol. The van der Waals surface area contributed by atoms with Crippen LogP contribution >= 0.6 is 0 Å². The average Bonchev–Trinajstić information content (AvgIpc) is 2.76. The summed E-state index contributed by atoms with van der Waals surface area (Å²) >= 11 is 0. The van der Waals surface area contributed by atoms with Gasteiger partial charge in [-0.2, -0.15) is 0 Å². The molecule has 0 saturated carbocycles. The first-order valence-electron chi connectivity index (χ1n) is 11.0. The van der Waals surface area contributed by atoms with E-state index in [2.05, 4.69) is 18.3 Å². The SMILES string of the molecule is CCCC1CC=CCCc2cc(F)cc(c2)CC(CO)NC(=O)c2cccc(c2)C1=O. The van der Waals surface area contributed by atoms with Gasteiger partial charge < -0.3 is 10.4 Å². The molecule has 164 valence electrons. The quantitative estimate of drug-likeness (QED) is 0.706. The van der Waals surface area contributed by atoms with Gasteiger partial charge >= 0.3 is 0 Å². The number of allylic oxidation sites excluding steroid dienone is 2. The summed E-state index contributed by atoms with van der Waals surface area (Å²) in [5, 5.41) is 12.6. The second-order valence-electron chi connectivity index (χ2n) is 8.20. The van der Waals surface area contributed by atoms with Gasteiger partial charge in [-0.1, -0.05) is 43.7 Å². The molecule has 31 heavy (non-hydrogen) atoms. The first-order valence-corrected chi connectivity index (χ1v) is 11.0. The van der Waals surface area contributed by atoms with Crippen molar-refractivity contribution in [2.45, 2.75) is 51.5 Å². The fraction of sp³-hybridized carbons (Fsp3) is 0.385. The van der Waals surface area contributed by atoms with Crippen molar-refractivity contribution in [3.05, 3.63) is 82.7 Å². The molecule has 3 rings (SSSR count). The Balaban J connectivity index is 1.95. The summed E-state index contributed by atoms with van der Waals surface area (Å²) in [5.74, 6) is -0.778. The molecule has 1 heterocycles. The van der Waals surface area contributed by atoms with Crippen LogP contribution in [0.5, 0.6) is 0 Å². The minimum Gasteiger partial charge on any atom is -0.394 e. The van der Waals surface area contributed by atoms with E-state index >= 15 is 0 Å². The summed E-state index contributed by atoms with van der Waals surface area (Å²) in [6.45, 7) is 1.79. The van der Waals surface area contributed by atoms with E-state index in [1.54, 1.807) is 24.3 Å². The molecule has 1 aliphatic heterocycles. The maximum atomic E-state index is 14.1. The first-order chi connectivity index (χ1) is 15.0. The van der Waals surface area contributed by atoms with Crippen LogP contribution in [0.25, 0.3) is 0 Å². The molecule has 0 fully saturated rings. The highest BCUT2D eigenvalue weighted by atomic mass is 19.1. The number of carbonyl (C=O) groups is 2. The zero-order chi connectivity index (χ0) is 22.2. The maximum absolute atomic E-state index is 14.1. The molecule has 0 aromatic heterocycles. The number of ketones is 1. The molecule has 0 radical (unpaired) electrons. The van der Waals surface area contributed by atoms with E-state index in [4.69, 9.17) is 0 Å². The van der Waals surface area contributed by atoms with Crippen LogP contribution in [-0.2, 0) is 12.8 Å². The minimum absolute atomic E-state index is 0.0397. The minimum atomic E-state index is -0.551. The lowest BCUT2D eigenvalue weighted by atomic mass is 9.89. The Hall–Kier alpha value is -2.79. The molecule has 4 nitrogen and oxygen atoms in total. The van der Waals surface area contributed by atoms with Gasteiger partial charge in [0.2, 0.25) is 0 Å². The fourth-order valence-electron chi connectivity index (χ4n) is 4.08. The number of hydrogen-bond acceptors (Lipinski definition) is 3. The molecule has 2 aromatic rings. The lowest BCUT2D eigenvalue weighted by Crippen LogP contribution is -2.39. The molecule has 0 saturated heterocycles. The van der Waals surface area contributed by atoms with Crippen molar-refractivity contribution in [1.29, 1.82) is 0 Å². The van der Waals surface area contributed by atoms with Crippen LogP contribution in [0.15, 0.2) is 54.6 Å². The van der Waals surface area contributed by atoms with Gasteiger partial charge in [0, 0.05) is 17.0 Å². The van der Waals surface area contributed by atoms with Gasteiger partial charge in [-0.15, -0.1) is 0 Å². The second kappa shape index (κ2) is 11.0. The van der Waals surface area contributed by atoms with E-state index in [0.717, 1.165) is 30.4 Å². The van der Waals surface area contributed by atoms with E-state index < -0.39 is 6.04 Å². The molecule has 2 unspecified atom stereocenters. The predicted octanol–water partition coefficient (Wildman–Crippen LogP) is 4.65. The van der Waals surface area contributed by atoms with Crippen molar-refractivity contribution in [1.82, 2.24) is 5.32 Å². The Morgan fingerprint density at radius 1 is 1.06 bits per heavy atom. The van der Waals surface area contributed by atoms with Crippen LogP contribution in [0.3, 0.4) is 0 Å². The number of aliphatic hydroxyl groups excluding tert-OH is 1. The van der Waals surface area contributed by atoms with Crippen molar-refractivity contribution in [2.24, 2.45) is 5.92 Å². The van der Waals surface area contributed by atoms with Gasteiger partial charge in [-0.25, -0.2) is 4.39 Å². The maximum Gasteiger partial charge on any atom is 0.251 e. The third-order valence-electron chi connectivity index (χ3n) is 5.66. The fourth-order valence-corrected chi connectivity index (χ4v) is 4.08. The second-order valence-corrected chi connectivity index (χ2v) is 8.20. The molecule has 0 aliphatic carbocycles. The number of carbonyl (C=O) groups excluding carboxylic acids is 2. The number of benzene rings is 2. The monoisotopic (exact) mass is 423 g/mol. The standard InChI is InChI=1S/C26H30FNO3/c1-2-7-20-9-5-3-4-8-18-12-19(14-23(27)13-18)15-24(17-29)28-26(31)22-11-6-10-21(16-22)25(20)30/h3,5-6,10-14,16,20,24,29H,2,4,7-9,15,17H2,1H3,(H,28,31). The number of aliphatic hydroxyl groups is 1. The molecule has 4 bridgehead atoms. The average molecular weight is 424 g/mol. The first kappa shape index (κ1) is 22.9. The van der Waals surface area contributed by atoms with Crippen molar-refractivity contribution in [2.75, 3.05) is 6.61 Å². The molecule has 1 aliphatic rings. The van der Waals surface area contributed by atoms with Gasteiger partial charge in [0.05, 0.1) is 12.6 Å². The third kappa shape index (κ3) is 6.34. The van der Waals surface area contributed by atoms with Gasteiger partial charge in [-0.3, -0.25) is 9.59 Å². The third-order valence-corrected chi connectivity index (χ3v) is 5.66. The highest BCUT2D eigenvalue weighted by Gasteiger charge is 2.20. The lowest BCUT2D eigenvalue weighted by Gasteiger charge is -2.18. The molecule has 0 spiro atoms. The summed E-state index contributed by atoms with van der Waals surface area (Å²) in [6, 6.07) is 11.1. The van der Waals surface area contributed by atoms with E-state index in [1.165, 1.54) is 12.1 Å². The zero-order valence-corrected chi connectivity index (χ0v) is 17.9. The molecule has 1 amide bonds. The van der Waals surface area contributed by atoms with Crippen LogP contribution in [0.1, 0.15) is 64.4 Å². The lowest BCUT2D eigenvalue weighted by molar-refractivity contribution is 0.0913. The summed E-state index contributed by atoms with van der Waals surface area (Å²) in [5.41, 5.74) is 2.51. The highest BCUT2D eigenvalue weighted by Crippen LogP contribution is 2.21. The molecule has 2 atom stereocenters. The summed E-state index contributed by atoms with van der Waals surface area (Å²) in [6.07, 6.45) is 8.17. The summed E-state index contributed by atoms with van der Waals surface area (Å²) in [4.78, 5) is 25.9. The molecule has 5 heteroatoms. The number of rotatable bonds is 3. The van der Waals surface area contributed by atoms with Gasteiger partial charge in [0.25, 0.3) is 5.91 Å². The highest BCUT2D eigenvalue weighted by molar-refractivity contribution is 6.01. The normalized spacial score (nSPS) is 20.2. The van der Waals surface area contributed by atoms with E-state index in [-0.39, 0.29) is 30.0 Å². The number of hydrogen-bond donors (Lipinski definition) is 2. The van der Waals surface area contributed by atoms with Gasteiger partial charge in [0.1, 0.15) is 5.82 Å². The Kier molecular flexibility index (Phi) is 8.13. The Morgan fingerprint density at radius 3 is 2.61 bits per heavy atom. The van der Waals surface area contributed by atoms with Crippen molar-refractivity contribution >= 4 is 11.7 Å². The number of Topliss-reactive ketones (excluding diaryl/α,β-unsaturated/α-hetero) is 1. The number of amides is 1. The molecule has 2 aromatic carbocycles. The number of fused-ring (bicyclic) bond motifs is 4. The number of halogens is 1. The van der Waals surface area contributed by atoms with Crippen LogP contribution < -0.4 is 5.32 Å². The van der Waals surface area contributed by atoms with E-state index in [1.807, 2.05) is 12.1 Å². The molecular formula is C26H30FNO3.